The number of nitrogens with zero attached hydrogens (tertiary/aromatic N) is 5. The fourth-order valence-electron chi connectivity index (χ4n) is 8.16. The number of ether oxygens (including phenoxy) is 1. The van der Waals surface area contributed by atoms with E-state index in [1.807, 2.05) is 12.1 Å². The van der Waals surface area contributed by atoms with E-state index in [2.05, 4.69) is 99.8 Å². The second-order valence-electron chi connectivity index (χ2n) is 14.2. The van der Waals surface area contributed by atoms with E-state index in [1.54, 1.807) is 12.4 Å². The summed E-state index contributed by atoms with van der Waals surface area (Å²) >= 11 is 0. The van der Waals surface area contributed by atoms with Crippen molar-refractivity contribution in [1.29, 1.82) is 0 Å². The van der Waals surface area contributed by atoms with Gasteiger partial charge in [-0.15, -0.1) is 0 Å². The molecule has 2 fully saturated rings. The van der Waals surface area contributed by atoms with Crippen molar-refractivity contribution in [2.24, 2.45) is 0 Å². The van der Waals surface area contributed by atoms with Gasteiger partial charge in [0.05, 0.1) is 19.0 Å². The minimum absolute atomic E-state index is 0.207. The number of piperidine rings is 1. The molecule has 1 aliphatic carbocycles. The van der Waals surface area contributed by atoms with Crippen molar-refractivity contribution in [2.45, 2.75) is 50.4 Å². The largest absolute Gasteiger partial charge is 0.508 e. The molecule has 1 N–H and O–H groups in total. The Kier molecular flexibility index (Phi) is 9.76. The number of phenols is 1. The SMILES string of the molecule is O=C1CCCC(=O)N1n1cc(-c2ccc(N3CCN(CCCOc4ccc([C@@H]5c6ccc(O)cc6CC[C@@H]5c5ccccc5)cc4)CC3)cc2)cn1. The molecule has 0 bridgehead atoms. The van der Waals surface area contributed by atoms with Crippen LogP contribution in [0.1, 0.15) is 66.2 Å². The highest BCUT2D eigenvalue weighted by Crippen LogP contribution is 2.47. The molecule has 0 spiro atoms. The number of amides is 2. The van der Waals surface area contributed by atoms with E-state index in [4.69, 9.17) is 4.74 Å². The summed E-state index contributed by atoms with van der Waals surface area (Å²) in [5.41, 5.74) is 8.24. The lowest BCUT2D eigenvalue weighted by molar-refractivity contribution is -0.131. The van der Waals surface area contributed by atoms with Gasteiger partial charge in [0.15, 0.2) is 0 Å². The first kappa shape index (κ1) is 33.7. The predicted molar refractivity (Wildman–Crippen MR) is 202 cm³/mol. The molecule has 3 aliphatic rings. The van der Waals surface area contributed by atoms with Crippen LogP contribution in [0.4, 0.5) is 5.69 Å². The third kappa shape index (κ3) is 7.19. The van der Waals surface area contributed by atoms with Crippen LogP contribution >= 0.6 is 0 Å². The molecule has 0 radical (unpaired) electrons. The molecule has 2 atom stereocenters. The molecule has 0 saturated carbocycles. The number of fused-ring (bicyclic) bond motifs is 1. The van der Waals surface area contributed by atoms with Gasteiger partial charge >= 0.3 is 0 Å². The molecular formula is C43H45N5O4. The van der Waals surface area contributed by atoms with Gasteiger partial charge in [-0.3, -0.25) is 14.5 Å². The van der Waals surface area contributed by atoms with Crippen LogP contribution in [-0.2, 0) is 16.0 Å². The number of anilines is 1. The summed E-state index contributed by atoms with van der Waals surface area (Å²) in [4.78, 5) is 30.9. The number of imide groups is 1. The number of rotatable bonds is 10. The van der Waals surface area contributed by atoms with Gasteiger partial charge in [0.2, 0.25) is 11.8 Å². The highest BCUT2D eigenvalue weighted by molar-refractivity contribution is 6.10. The third-order valence-corrected chi connectivity index (χ3v) is 10.9. The zero-order chi connectivity index (χ0) is 35.4. The van der Waals surface area contributed by atoms with Crippen LogP contribution in [0.15, 0.2) is 109 Å². The number of carbonyl (C=O) groups is 2. The second-order valence-corrected chi connectivity index (χ2v) is 14.2. The minimum Gasteiger partial charge on any atom is -0.508 e. The molecule has 9 nitrogen and oxygen atoms in total. The van der Waals surface area contributed by atoms with Crippen LogP contribution in [0.25, 0.3) is 11.1 Å². The van der Waals surface area contributed by atoms with Crippen molar-refractivity contribution in [3.63, 3.8) is 0 Å². The molecule has 1 aromatic heterocycles. The van der Waals surface area contributed by atoms with Gasteiger partial charge < -0.3 is 14.7 Å². The van der Waals surface area contributed by atoms with Crippen LogP contribution in [-0.4, -0.2) is 71.0 Å². The smallest absolute Gasteiger partial charge is 0.249 e. The third-order valence-electron chi connectivity index (χ3n) is 10.9. The number of aromatic hydroxyl groups is 1. The fourth-order valence-corrected chi connectivity index (χ4v) is 8.16. The first-order valence-corrected chi connectivity index (χ1v) is 18.6. The Morgan fingerprint density at radius 3 is 2.27 bits per heavy atom. The van der Waals surface area contributed by atoms with Crippen molar-refractivity contribution in [2.75, 3.05) is 49.2 Å². The van der Waals surface area contributed by atoms with E-state index >= 15 is 0 Å². The lowest BCUT2D eigenvalue weighted by atomic mass is 9.69. The summed E-state index contributed by atoms with van der Waals surface area (Å²) in [5.74, 6) is 1.43. The number of aromatic nitrogens is 2. The number of piperazine rings is 1. The van der Waals surface area contributed by atoms with Crippen molar-refractivity contribution in [1.82, 2.24) is 14.8 Å². The zero-order valence-electron chi connectivity index (χ0n) is 29.4. The first-order chi connectivity index (χ1) is 25.5. The summed E-state index contributed by atoms with van der Waals surface area (Å²) in [6.07, 6.45) is 7.77. The Morgan fingerprint density at radius 1 is 0.769 bits per heavy atom. The average Bonchev–Trinajstić information content (AvgIpc) is 3.67. The standard InChI is InChI=1S/C43H45N5O4/c49-37-17-21-40-34(28-37)14-20-39(32-6-2-1-3-7-32)43(40)33-12-18-38(19-13-33)52-27-5-22-45-23-25-46(26-24-45)36-15-10-31(11-16-36)35-29-44-47(30-35)48-41(50)8-4-9-42(48)51/h1-3,6-7,10-13,15-19,21,28-30,39,43,49H,4-5,8-9,14,20,22-27H2/t39-,43+/m1/s1. The minimum atomic E-state index is -0.207. The maximum atomic E-state index is 12.3. The molecule has 3 heterocycles. The van der Waals surface area contributed by atoms with Crippen molar-refractivity contribution in [3.8, 4) is 22.6 Å². The van der Waals surface area contributed by atoms with Crippen molar-refractivity contribution >= 4 is 17.5 Å². The summed E-state index contributed by atoms with van der Waals surface area (Å²) in [6.45, 7) is 5.62. The molecule has 266 valence electrons. The van der Waals surface area contributed by atoms with Gasteiger partial charge in [-0.25, -0.2) is 0 Å². The Morgan fingerprint density at radius 2 is 1.52 bits per heavy atom. The summed E-state index contributed by atoms with van der Waals surface area (Å²) in [6, 6.07) is 33.8. The lowest BCUT2D eigenvalue weighted by Gasteiger charge is -2.36. The molecule has 5 aromatic rings. The quantitative estimate of drug-likeness (QED) is 0.126. The number of hydrogen-bond acceptors (Lipinski definition) is 7. The molecular weight excluding hydrogens is 651 g/mol. The van der Waals surface area contributed by atoms with Crippen LogP contribution in [0.2, 0.25) is 0 Å². The molecule has 52 heavy (non-hydrogen) atoms. The van der Waals surface area contributed by atoms with Gasteiger partial charge in [0, 0.05) is 62.7 Å². The van der Waals surface area contributed by atoms with E-state index in [0.29, 0.717) is 37.5 Å². The predicted octanol–water partition coefficient (Wildman–Crippen LogP) is 6.88. The Balaban J connectivity index is 0.810. The molecule has 2 aliphatic heterocycles. The van der Waals surface area contributed by atoms with Gasteiger partial charge in [-0.2, -0.15) is 14.9 Å². The normalized spacial score (nSPS) is 19.5. The van der Waals surface area contributed by atoms with Gasteiger partial charge in [-0.05, 0) is 95.8 Å². The van der Waals surface area contributed by atoms with Gasteiger partial charge in [-0.1, -0.05) is 60.7 Å². The van der Waals surface area contributed by atoms with Gasteiger partial charge in [0.1, 0.15) is 11.5 Å². The zero-order valence-corrected chi connectivity index (χ0v) is 29.4. The fraction of sp³-hybridized carbons (Fsp3) is 0.326. The summed E-state index contributed by atoms with van der Waals surface area (Å²) in [7, 11) is 0. The molecule has 2 amide bonds. The van der Waals surface area contributed by atoms with Crippen LogP contribution in [0.3, 0.4) is 0 Å². The highest BCUT2D eigenvalue weighted by Gasteiger charge is 2.32. The Hall–Kier alpha value is -5.41. The summed E-state index contributed by atoms with van der Waals surface area (Å²) in [5, 5.41) is 15.6. The van der Waals surface area contributed by atoms with E-state index in [9.17, 15) is 14.7 Å². The summed E-state index contributed by atoms with van der Waals surface area (Å²) < 4.78 is 6.21. The Bertz CT molecular complexity index is 1990. The average molecular weight is 696 g/mol. The number of carbonyl (C=O) groups excluding carboxylic acids is 2. The van der Waals surface area contributed by atoms with E-state index in [-0.39, 0.29) is 17.7 Å². The number of hydrogen-bond donors (Lipinski definition) is 1. The number of aryl methyl sites for hydroxylation is 1. The maximum Gasteiger partial charge on any atom is 0.249 e. The number of benzene rings is 4. The number of phenolic OH excluding ortho intramolecular Hbond substituents is 1. The topological polar surface area (TPSA) is 91.1 Å². The molecule has 8 rings (SSSR count). The molecule has 4 aromatic carbocycles. The van der Waals surface area contributed by atoms with Crippen molar-refractivity contribution in [3.05, 3.63) is 132 Å². The lowest BCUT2D eigenvalue weighted by Crippen LogP contribution is -2.48. The first-order valence-electron chi connectivity index (χ1n) is 18.6. The van der Waals surface area contributed by atoms with E-state index < -0.39 is 0 Å². The van der Waals surface area contributed by atoms with E-state index in [0.717, 1.165) is 73.9 Å². The highest BCUT2D eigenvalue weighted by atomic mass is 16.5. The van der Waals surface area contributed by atoms with Crippen molar-refractivity contribution < 1.29 is 19.4 Å². The molecule has 0 unspecified atom stereocenters. The maximum absolute atomic E-state index is 12.3. The van der Waals surface area contributed by atoms with Crippen LogP contribution in [0.5, 0.6) is 11.5 Å². The second kappa shape index (κ2) is 15.1. The monoisotopic (exact) mass is 695 g/mol. The Labute approximate surface area is 305 Å². The van der Waals surface area contributed by atoms with E-state index in [1.165, 1.54) is 32.7 Å². The molecule has 2 saturated heterocycles. The van der Waals surface area contributed by atoms with Gasteiger partial charge in [0.25, 0.3) is 0 Å². The van der Waals surface area contributed by atoms with Crippen LogP contribution in [0, 0.1) is 0 Å². The van der Waals surface area contributed by atoms with Crippen LogP contribution < -0.4 is 14.6 Å². The molecule has 9 heteroatoms.